The molecule has 3 rings (SSSR count). The molecule has 30 heavy (non-hydrogen) atoms. The number of benzene rings is 2. The van der Waals surface area contributed by atoms with Crippen LogP contribution in [0.5, 0.6) is 0 Å². The summed E-state index contributed by atoms with van der Waals surface area (Å²) in [6.45, 7) is 5.45. The summed E-state index contributed by atoms with van der Waals surface area (Å²) in [6.07, 6.45) is 0. The Labute approximate surface area is 178 Å². The number of nitrogens with one attached hydrogen (secondary N) is 2. The van der Waals surface area contributed by atoms with Gasteiger partial charge in [-0.3, -0.25) is 9.59 Å². The molecule has 2 amide bonds. The molecular formula is C23H22N2O4S. The second-order valence-electron chi connectivity index (χ2n) is 6.62. The van der Waals surface area contributed by atoms with Crippen LogP contribution in [0.15, 0.2) is 54.6 Å². The van der Waals surface area contributed by atoms with E-state index in [1.165, 1.54) is 0 Å². The summed E-state index contributed by atoms with van der Waals surface area (Å²) in [6, 6.07) is 16.1. The minimum absolute atomic E-state index is 0.185. The zero-order valence-corrected chi connectivity index (χ0v) is 17.8. The molecular weight excluding hydrogens is 400 g/mol. The molecule has 3 aromatic rings. The summed E-state index contributed by atoms with van der Waals surface area (Å²) >= 11 is 1.05. The molecule has 0 aliphatic heterocycles. The van der Waals surface area contributed by atoms with Gasteiger partial charge in [-0.05, 0) is 50.6 Å². The lowest BCUT2D eigenvalue weighted by Gasteiger charge is -2.07. The molecule has 0 fully saturated rings. The molecule has 6 nitrogen and oxygen atoms in total. The van der Waals surface area contributed by atoms with Gasteiger partial charge in [-0.15, -0.1) is 11.3 Å². The highest BCUT2D eigenvalue weighted by molar-refractivity contribution is 7.19. The molecule has 0 unspecified atom stereocenters. The third-order valence-electron chi connectivity index (χ3n) is 4.37. The van der Waals surface area contributed by atoms with Gasteiger partial charge in [0.25, 0.3) is 11.8 Å². The van der Waals surface area contributed by atoms with Crippen LogP contribution < -0.4 is 10.6 Å². The second kappa shape index (κ2) is 9.37. The lowest BCUT2D eigenvalue weighted by molar-refractivity contribution is 0.0527. The van der Waals surface area contributed by atoms with E-state index in [4.69, 9.17) is 4.74 Å². The predicted octanol–water partition coefficient (Wildman–Crippen LogP) is 5.05. The van der Waals surface area contributed by atoms with Crippen LogP contribution in [0.3, 0.4) is 0 Å². The molecule has 1 aromatic heterocycles. The van der Waals surface area contributed by atoms with Gasteiger partial charge in [-0.25, -0.2) is 4.79 Å². The third-order valence-corrected chi connectivity index (χ3v) is 5.58. The zero-order chi connectivity index (χ0) is 21.7. The molecule has 1 heterocycles. The molecule has 0 aliphatic carbocycles. The van der Waals surface area contributed by atoms with Crippen LogP contribution in [0.2, 0.25) is 0 Å². The van der Waals surface area contributed by atoms with Gasteiger partial charge in [-0.2, -0.15) is 0 Å². The van der Waals surface area contributed by atoms with Crippen LogP contribution in [-0.4, -0.2) is 24.4 Å². The first-order valence-electron chi connectivity index (χ1n) is 9.45. The fraction of sp³-hybridized carbons (Fsp3) is 0.174. The Morgan fingerprint density at radius 3 is 2.33 bits per heavy atom. The Morgan fingerprint density at radius 1 is 0.933 bits per heavy atom. The molecule has 0 atom stereocenters. The van der Waals surface area contributed by atoms with Crippen LogP contribution >= 0.6 is 11.3 Å². The Balaban J connectivity index is 1.94. The van der Waals surface area contributed by atoms with Crippen LogP contribution in [0.4, 0.5) is 10.7 Å². The van der Waals surface area contributed by atoms with Gasteiger partial charge in [0.2, 0.25) is 0 Å². The maximum Gasteiger partial charge on any atom is 0.341 e. The number of hydrogen-bond donors (Lipinski definition) is 2. The molecule has 0 spiro atoms. The number of para-hydroxylation sites is 1. The van der Waals surface area contributed by atoms with E-state index in [1.807, 2.05) is 31.2 Å². The van der Waals surface area contributed by atoms with Crippen molar-refractivity contribution < 1.29 is 19.1 Å². The second-order valence-corrected chi connectivity index (χ2v) is 7.65. The average Bonchev–Trinajstić information content (AvgIpc) is 3.05. The number of amides is 2. The van der Waals surface area contributed by atoms with Crippen LogP contribution in [0, 0.1) is 13.8 Å². The predicted molar refractivity (Wildman–Crippen MR) is 119 cm³/mol. The molecule has 7 heteroatoms. The number of anilines is 2. The molecule has 0 bridgehead atoms. The summed E-state index contributed by atoms with van der Waals surface area (Å²) in [5, 5.41) is 5.87. The van der Waals surface area contributed by atoms with Gasteiger partial charge in [-0.1, -0.05) is 35.9 Å². The third kappa shape index (κ3) is 4.75. The summed E-state index contributed by atoms with van der Waals surface area (Å²) in [7, 11) is 0. The fourth-order valence-corrected chi connectivity index (χ4v) is 4.02. The van der Waals surface area contributed by atoms with Crippen LogP contribution in [0.1, 0.15) is 48.4 Å². The van der Waals surface area contributed by atoms with Crippen molar-refractivity contribution in [2.24, 2.45) is 0 Å². The summed E-state index contributed by atoms with van der Waals surface area (Å²) in [4.78, 5) is 38.4. The maximum absolute atomic E-state index is 12.8. The van der Waals surface area contributed by atoms with Gasteiger partial charge in [0.05, 0.1) is 17.0 Å². The maximum atomic E-state index is 12.8. The minimum Gasteiger partial charge on any atom is -0.462 e. The highest BCUT2D eigenvalue weighted by atomic mass is 32.1. The van der Waals surface area contributed by atoms with Gasteiger partial charge >= 0.3 is 5.97 Å². The largest absolute Gasteiger partial charge is 0.462 e. The molecule has 0 aliphatic rings. The quantitative estimate of drug-likeness (QED) is 0.545. The molecule has 0 saturated carbocycles. The van der Waals surface area contributed by atoms with E-state index in [0.717, 1.165) is 16.9 Å². The number of esters is 1. The molecule has 2 N–H and O–H groups in total. The Morgan fingerprint density at radius 2 is 1.67 bits per heavy atom. The Kier molecular flexibility index (Phi) is 6.64. The lowest BCUT2D eigenvalue weighted by Crippen LogP contribution is -2.15. The summed E-state index contributed by atoms with van der Waals surface area (Å²) in [5.41, 5.74) is 2.70. The van der Waals surface area contributed by atoms with E-state index < -0.39 is 5.97 Å². The molecule has 154 valence electrons. The highest BCUT2D eigenvalue weighted by Gasteiger charge is 2.27. The van der Waals surface area contributed by atoms with Crippen molar-refractivity contribution in [2.45, 2.75) is 20.8 Å². The van der Waals surface area contributed by atoms with Crippen LogP contribution in [0.25, 0.3) is 0 Å². The van der Waals surface area contributed by atoms with E-state index in [0.29, 0.717) is 21.7 Å². The number of ether oxygens (including phenoxy) is 1. The van der Waals surface area contributed by atoms with E-state index in [2.05, 4.69) is 10.6 Å². The van der Waals surface area contributed by atoms with Crippen molar-refractivity contribution in [2.75, 3.05) is 17.2 Å². The number of hydrogen-bond acceptors (Lipinski definition) is 5. The van der Waals surface area contributed by atoms with Crippen LogP contribution in [-0.2, 0) is 4.74 Å². The summed E-state index contributed by atoms with van der Waals surface area (Å²) in [5.74, 6) is -1.30. The van der Waals surface area contributed by atoms with Gasteiger partial charge in [0, 0.05) is 11.3 Å². The minimum atomic E-state index is -0.579. The van der Waals surface area contributed by atoms with Crippen molar-refractivity contribution in [1.82, 2.24) is 0 Å². The lowest BCUT2D eigenvalue weighted by atomic mass is 10.1. The first kappa shape index (κ1) is 21.3. The monoisotopic (exact) mass is 422 g/mol. The topological polar surface area (TPSA) is 84.5 Å². The van der Waals surface area contributed by atoms with Crippen molar-refractivity contribution in [3.05, 3.63) is 81.7 Å². The van der Waals surface area contributed by atoms with Crippen molar-refractivity contribution in [3.63, 3.8) is 0 Å². The number of thiophene rings is 1. The number of carbonyl (C=O) groups excluding carboxylic acids is 3. The Bertz CT molecular complexity index is 1090. The van der Waals surface area contributed by atoms with E-state index >= 15 is 0 Å². The Hall–Kier alpha value is -3.45. The molecule has 2 aromatic carbocycles. The first-order chi connectivity index (χ1) is 14.4. The normalized spacial score (nSPS) is 10.4. The molecule has 0 radical (unpaired) electrons. The van der Waals surface area contributed by atoms with E-state index in [9.17, 15) is 14.4 Å². The van der Waals surface area contributed by atoms with Gasteiger partial charge in [0.1, 0.15) is 5.00 Å². The zero-order valence-electron chi connectivity index (χ0n) is 16.9. The smallest absolute Gasteiger partial charge is 0.341 e. The van der Waals surface area contributed by atoms with Gasteiger partial charge < -0.3 is 15.4 Å². The van der Waals surface area contributed by atoms with Crippen molar-refractivity contribution >= 4 is 39.8 Å². The number of aryl methyl sites for hydroxylation is 1. The molecule has 0 saturated heterocycles. The highest BCUT2D eigenvalue weighted by Crippen LogP contribution is 2.34. The SMILES string of the molecule is CCOC(=O)c1c(NC(=O)c2cccc(C)c2)sc(C(=O)Nc2ccccc2)c1C. The number of carbonyl (C=O) groups is 3. The van der Waals surface area contributed by atoms with Crippen molar-refractivity contribution in [3.8, 4) is 0 Å². The standard InChI is InChI=1S/C23H22N2O4S/c1-4-29-23(28)18-15(3)19(21(27)24-17-11-6-5-7-12-17)30-22(18)25-20(26)16-10-8-9-14(2)13-16/h5-13H,4H2,1-3H3,(H,24,27)(H,25,26). The van der Waals surface area contributed by atoms with Crippen molar-refractivity contribution in [1.29, 1.82) is 0 Å². The first-order valence-corrected chi connectivity index (χ1v) is 10.3. The van der Waals surface area contributed by atoms with E-state index in [1.54, 1.807) is 44.2 Å². The summed E-state index contributed by atoms with van der Waals surface area (Å²) < 4.78 is 5.15. The number of rotatable bonds is 6. The fourth-order valence-electron chi connectivity index (χ4n) is 2.94. The average molecular weight is 423 g/mol. The van der Waals surface area contributed by atoms with E-state index in [-0.39, 0.29) is 29.0 Å². The van der Waals surface area contributed by atoms with Gasteiger partial charge in [0.15, 0.2) is 0 Å².